The number of likely N-dealkylation sites (tertiary alicyclic amines) is 1. The standard InChI is InChI=1S/C19H29N3O2/c1-24-18-4-2-3-17(13-18)21-16-8-11-22(12-9-16)19(23)6-5-15-7-10-20-14-15/h2-4,13,15-16,20-21H,5-12,14H2,1H3. The average Bonchev–Trinajstić information content (AvgIpc) is 3.14. The number of methoxy groups -OCH3 is 1. The van der Waals surface area contributed by atoms with Crippen molar-refractivity contribution in [2.24, 2.45) is 5.92 Å². The number of benzene rings is 1. The summed E-state index contributed by atoms with van der Waals surface area (Å²) in [5.41, 5.74) is 1.09. The normalized spacial score (nSPS) is 21.7. The lowest BCUT2D eigenvalue weighted by Gasteiger charge is -2.33. The Balaban J connectivity index is 1.40. The zero-order valence-corrected chi connectivity index (χ0v) is 14.6. The first-order chi connectivity index (χ1) is 11.7. The van der Waals surface area contributed by atoms with Crippen molar-refractivity contribution in [3.63, 3.8) is 0 Å². The van der Waals surface area contributed by atoms with Crippen molar-refractivity contribution >= 4 is 11.6 Å². The molecule has 2 fully saturated rings. The summed E-state index contributed by atoms with van der Waals surface area (Å²) in [5.74, 6) is 1.90. The van der Waals surface area contributed by atoms with Crippen LogP contribution in [0.2, 0.25) is 0 Å². The minimum atomic E-state index is 0.335. The second-order valence-electron chi connectivity index (χ2n) is 6.93. The van der Waals surface area contributed by atoms with Crippen molar-refractivity contribution in [1.82, 2.24) is 10.2 Å². The second-order valence-corrected chi connectivity index (χ2v) is 6.93. The van der Waals surface area contributed by atoms with E-state index in [1.54, 1.807) is 7.11 Å². The summed E-state index contributed by atoms with van der Waals surface area (Å²) >= 11 is 0. The Hall–Kier alpha value is -1.75. The molecule has 0 aromatic heterocycles. The molecule has 0 saturated carbocycles. The predicted molar refractivity (Wildman–Crippen MR) is 96.4 cm³/mol. The van der Waals surface area contributed by atoms with Crippen molar-refractivity contribution < 1.29 is 9.53 Å². The first-order valence-corrected chi connectivity index (χ1v) is 9.13. The van der Waals surface area contributed by atoms with Crippen LogP contribution in [0.1, 0.15) is 32.1 Å². The highest BCUT2D eigenvalue weighted by Gasteiger charge is 2.24. The number of anilines is 1. The van der Waals surface area contributed by atoms with Crippen molar-refractivity contribution in [2.45, 2.75) is 38.1 Å². The molecular formula is C19H29N3O2. The third kappa shape index (κ3) is 4.63. The van der Waals surface area contributed by atoms with Crippen LogP contribution in [0.5, 0.6) is 5.75 Å². The summed E-state index contributed by atoms with van der Waals surface area (Å²) in [5, 5.41) is 6.94. The first kappa shape index (κ1) is 17.1. The Bertz CT molecular complexity index is 535. The average molecular weight is 331 g/mol. The second kappa shape index (κ2) is 8.38. The summed E-state index contributed by atoms with van der Waals surface area (Å²) in [6, 6.07) is 8.47. The number of rotatable bonds is 6. The minimum Gasteiger partial charge on any atom is -0.497 e. The van der Waals surface area contributed by atoms with Gasteiger partial charge in [0, 0.05) is 37.3 Å². The van der Waals surface area contributed by atoms with Crippen LogP contribution in [0.15, 0.2) is 24.3 Å². The van der Waals surface area contributed by atoms with E-state index in [0.29, 0.717) is 24.3 Å². The summed E-state index contributed by atoms with van der Waals surface area (Å²) in [6.45, 7) is 3.92. The van der Waals surface area contributed by atoms with Gasteiger partial charge >= 0.3 is 0 Å². The fraction of sp³-hybridized carbons (Fsp3) is 0.632. The molecule has 0 radical (unpaired) electrons. The molecule has 2 N–H and O–H groups in total. The quantitative estimate of drug-likeness (QED) is 0.841. The Kier molecular flexibility index (Phi) is 5.96. The Morgan fingerprint density at radius 2 is 2.17 bits per heavy atom. The number of hydrogen-bond acceptors (Lipinski definition) is 4. The Morgan fingerprint density at radius 1 is 1.33 bits per heavy atom. The zero-order valence-electron chi connectivity index (χ0n) is 14.6. The molecule has 5 nitrogen and oxygen atoms in total. The van der Waals surface area contributed by atoms with E-state index in [2.05, 4.69) is 16.7 Å². The summed E-state index contributed by atoms with van der Waals surface area (Å²) in [7, 11) is 1.69. The monoisotopic (exact) mass is 331 g/mol. The number of nitrogens with zero attached hydrogens (tertiary/aromatic N) is 1. The summed E-state index contributed by atoms with van der Waals surface area (Å²) in [6.07, 6.45) is 4.98. The topological polar surface area (TPSA) is 53.6 Å². The van der Waals surface area contributed by atoms with Gasteiger partial charge in [0.05, 0.1) is 7.11 Å². The minimum absolute atomic E-state index is 0.335. The number of carbonyl (C=O) groups excluding carboxylic acids is 1. The van der Waals surface area contributed by atoms with Crippen molar-refractivity contribution in [1.29, 1.82) is 0 Å². The van der Waals surface area contributed by atoms with E-state index in [0.717, 1.165) is 56.9 Å². The molecular weight excluding hydrogens is 302 g/mol. The molecule has 1 atom stereocenters. The lowest BCUT2D eigenvalue weighted by atomic mass is 10.0. The molecule has 0 spiro atoms. The van der Waals surface area contributed by atoms with Crippen LogP contribution >= 0.6 is 0 Å². The summed E-state index contributed by atoms with van der Waals surface area (Å²) < 4.78 is 5.26. The lowest BCUT2D eigenvalue weighted by molar-refractivity contribution is -0.132. The van der Waals surface area contributed by atoms with Crippen LogP contribution in [-0.2, 0) is 4.79 Å². The van der Waals surface area contributed by atoms with Crippen LogP contribution in [0.25, 0.3) is 0 Å². The molecule has 1 unspecified atom stereocenters. The predicted octanol–water partition coefficient (Wildman–Crippen LogP) is 2.49. The fourth-order valence-corrected chi connectivity index (χ4v) is 3.67. The number of nitrogens with one attached hydrogen (secondary N) is 2. The van der Waals surface area contributed by atoms with E-state index in [1.807, 2.05) is 23.1 Å². The van der Waals surface area contributed by atoms with Crippen LogP contribution in [0.3, 0.4) is 0 Å². The Labute approximate surface area is 144 Å². The van der Waals surface area contributed by atoms with Gasteiger partial charge in [-0.2, -0.15) is 0 Å². The highest BCUT2D eigenvalue weighted by atomic mass is 16.5. The molecule has 132 valence electrons. The molecule has 5 heteroatoms. The van der Waals surface area contributed by atoms with Crippen LogP contribution in [0, 0.1) is 5.92 Å². The number of piperidine rings is 1. The SMILES string of the molecule is COc1cccc(NC2CCN(C(=O)CCC3CCNC3)CC2)c1. The van der Waals surface area contributed by atoms with Gasteiger partial charge in [0.2, 0.25) is 5.91 Å². The smallest absolute Gasteiger partial charge is 0.222 e. The molecule has 1 aromatic rings. The molecule has 2 aliphatic rings. The maximum Gasteiger partial charge on any atom is 0.222 e. The van der Waals surface area contributed by atoms with Gasteiger partial charge in [0.25, 0.3) is 0 Å². The Morgan fingerprint density at radius 3 is 2.88 bits per heavy atom. The molecule has 24 heavy (non-hydrogen) atoms. The third-order valence-electron chi connectivity index (χ3n) is 5.22. The van der Waals surface area contributed by atoms with E-state index in [1.165, 1.54) is 6.42 Å². The van der Waals surface area contributed by atoms with Gasteiger partial charge in [-0.15, -0.1) is 0 Å². The molecule has 0 bridgehead atoms. The van der Waals surface area contributed by atoms with Crippen molar-refractivity contribution in [2.75, 3.05) is 38.6 Å². The highest BCUT2D eigenvalue weighted by Crippen LogP contribution is 2.22. The maximum atomic E-state index is 12.4. The van der Waals surface area contributed by atoms with Gasteiger partial charge in [-0.3, -0.25) is 4.79 Å². The van der Waals surface area contributed by atoms with Crippen LogP contribution in [0.4, 0.5) is 5.69 Å². The van der Waals surface area contributed by atoms with Crippen LogP contribution < -0.4 is 15.4 Å². The first-order valence-electron chi connectivity index (χ1n) is 9.13. The van der Waals surface area contributed by atoms with Gasteiger partial charge in [0.1, 0.15) is 5.75 Å². The molecule has 2 saturated heterocycles. The van der Waals surface area contributed by atoms with E-state index in [4.69, 9.17) is 4.74 Å². The highest BCUT2D eigenvalue weighted by molar-refractivity contribution is 5.76. The fourth-order valence-electron chi connectivity index (χ4n) is 3.67. The molecule has 2 heterocycles. The van der Waals surface area contributed by atoms with Gasteiger partial charge in [-0.25, -0.2) is 0 Å². The van der Waals surface area contributed by atoms with E-state index >= 15 is 0 Å². The molecule has 1 aromatic carbocycles. The van der Waals surface area contributed by atoms with Crippen molar-refractivity contribution in [3.8, 4) is 5.75 Å². The number of hydrogen-bond donors (Lipinski definition) is 2. The molecule has 3 rings (SSSR count). The summed E-state index contributed by atoms with van der Waals surface area (Å²) in [4.78, 5) is 14.4. The van der Waals surface area contributed by atoms with Gasteiger partial charge in [-0.05, 0) is 56.8 Å². The molecule has 1 amide bonds. The number of amides is 1. The van der Waals surface area contributed by atoms with Crippen LogP contribution in [-0.4, -0.2) is 50.1 Å². The zero-order chi connectivity index (χ0) is 16.8. The molecule has 0 aliphatic carbocycles. The van der Waals surface area contributed by atoms with E-state index < -0.39 is 0 Å². The number of carbonyl (C=O) groups is 1. The van der Waals surface area contributed by atoms with E-state index in [9.17, 15) is 4.79 Å². The van der Waals surface area contributed by atoms with Gasteiger partial charge in [-0.1, -0.05) is 6.07 Å². The van der Waals surface area contributed by atoms with E-state index in [-0.39, 0.29) is 0 Å². The van der Waals surface area contributed by atoms with Gasteiger partial charge in [0.15, 0.2) is 0 Å². The van der Waals surface area contributed by atoms with Crippen molar-refractivity contribution in [3.05, 3.63) is 24.3 Å². The largest absolute Gasteiger partial charge is 0.497 e. The lowest BCUT2D eigenvalue weighted by Crippen LogP contribution is -2.42. The number of ether oxygens (including phenoxy) is 1. The third-order valence-corrected chi connectivity index (χ3v) is 5.22. The molecule has 2 aliphatic heterocycles. The van der Waals surface area contributed by atoms with Gasteiger partial charge < -0.3 is 20.3 Å². The maximum absolute atomic E-state index is 12.4.